The molecule has 0 amide bonds. The van der Waals surface area contributed by atoms with Crippen molar-refractivity contribution < 1.29 is 0 Å². The standard InChI is InChI=1S/C12H20BrNS/c1-3-5-11(8-13)9-14(2)10-12-6-4-7-15-12/h4,6-7,11H,3,5,8-10H2,1-2H3. The lowest BCUT2D eigenvalue weighted by Gasteiger charge is -2.21. The van der Waals surface area contributed by atoms with Gasteiger partial charge in [-0.15, -0.1) is 11.3 Å². The lowest BCUT2D eigenvalue weighted by molar-refractivity contribution is 0.276. The number of halogens is 1. The SMILES string of the molecule is CCCC(CBr)CN(C)Cc1cccs1. The molecule has 0 radical (unpaired) electrons. The zero-order chi connectivity index (χ0) is 11.1. The molecule has 1 rings (SSSR count). The Morgan fingerprint density at radius 1 is 1.53 bits per heavy atom. The van der Waals surface area contributed by atoms with Gasteiger partial charge in [0.05, 0.1) is 0 Å². The molecule has 0 aliphatic carbocycles. The largest absolute Gasteiger partial charge is 0.301 e. The Morgan fingerprint density at radius 3 is 2.87 bits per heavy atom. The summed E-state index contributed by atoms with van der Waals surface area (Å²) in [6.45, 7) is 4.54. The van der Waals surface area contributed by atoms with E-state index in [9.17, 15) is 0 Å². The Hall–Kier alpha value is 0.140. The van der Waals surface area contributed by atoms with Gasteiger partial charge in [0.1, 0.15) is 0 Å². The van der Waals surface area contributed by atoms with Gasteiger partial charge in [-0.3, -0.25) is 0 Å². The average Bonchev–Trinajstić information content (AvgIpc) is 2.69. The Morgan fingerprint density at radius 2 is 2.33 bits per heavy atom. The molecule has 0 spiro atoms. The lowest BCUT2D eigenvalue weighted by Crippen LogP contribution is -2.25. The number of hydrogen-bond donors (Lipinski definition) is 0. The predicted molar refractivity (Wildman–Crippen MR) is 72.8 cm³/mol. The smallest absolute Gasteiger partial charge is 0.0324 e. The van der Waals surface area contributed by atoms with E-state index >= 15 is 0 Å². The van der Waals surface area contributed by atoms with Gasteiger partial charge in [0.2, 0.25) is 0 Å². The minimum atomic E-state index is 0.792. The van der Waals surface area contributed by atoms with Gasteiger partial charge >= 0.3 is 0 Å². The molecular weight excluding hydrogens is 270 g/mol. The molecule has 3 heteroatoms. The maximum Gasteiger partial charge on any atom is 0.0324 e. The van der Waals surface area contributed by atoms with E-state index in [4.69, 9.17) is 0 Å². The van der Waals surface area contributed by atoms with Crippen LogP contribution < -0.4 is 0 Å². The first-order valence-electron chi connectivity index (χ1n) is 5.53. The van der Waals surface area contributed by atoms with Gasteiger partial charge in [0.25, 0.3) is 0 Å². The maximum atomic E-state index is 3.60. The van der Waals surface area contributed by atoms with Crippen molar-refractivity contribution in [2.75, 3.05) is 18.9 Å². The summed E-state index contributed by atoms with van der Waals surface area (Å²) in [5.41, 5.74) is 0. The second-order valence-corrected chi connectivity index (χ2v) is 5.76. The minimum absolute atomic E-state index is 0.792. The highest BCUT2D eigenvalue weighted by Crippen LogP contribution is 2.15. The van der Waals surface area contributed by atoms with Crippen molar-refractivity contribution in [2.45, 2.75) is 26.3 Å². The summed E-state index contributed by atoms with van der Waals surface area (Å²) >= 11 is 5.45. The summed E-state index contributed by atoms with van der Waals surface area (Å²) in [6.07, 6.45) is 2.60. The van der Waals surface area contributed by atoms with Crippen molar-refractivity contribution in [1.82, 2.24) is 4.90 Å². The fourth-order valence-corrected chi connectivity index (χ4v) is 3.11. The molecule has 1 nitrogen and oxygen atoms in total. The van der Waals surface area contributed by atoms with Gasteiger partial charge in [-0.1, -0.05) is 35.3 Å². The molecule has 1 aromatic heterocycles. The van der Waals surface area contributed by atoms with E-state index in [1.807, 2.05) is 11.3 Å². The summed E-state index contributed by atoms with van der Waals surface area (Å²) in [5, 5.41) is 3.27. The van der Waals surface area contributed by atoms with E-state index in [0.717, 1.165) is 17.8 Å². The summed E-state index contributed by atoms with van der Waals surface area (Å²) in [7, 11) is 2.21. The average molecular weight is 290 g/mol. The van der Waals surface area contributed by atoms with Crippen LogP contribution in [0, 0.1) is 5.92 Å². The summed E-state index contributed by atoms with van der Waals surface area (Å²) in [5.74, 6) is 0.792. The molecular formula is C12H20BrNS. The van der Waals surface area contributed by atoms with E-state index in [2.05, 4.69) is 52.3 Å². The third kappa shape index (κ3) is 5.14. The van der Waals surface area contributed by atoms with Crippen LogP contribution in [0.2, 0.25) is 0 Å². The molecule has 0 aliphatic rings. The van der Waals surface area contributed by atoms with Gasteiger partial charge in [-0.2, -0.15) is 0 Å². The molecule has 0 N–H and O–H groups in total. The van der Waals surface area contributed by atoms with Crippen molar-refractivity contribution >= 4 is 27.3 Å². The number of rotatable bonds is 7. The van der Waals surface area contributed by atoms with Gasteiger partial charge < -0.3 is 4.90 Å². The molecule has 0 bridgehead atoms. The third-order valence-electron chi connectivity index (χ3n) is 2.49. The fourth-order valence-electron chi connectivity index (χ4n) is 1.80. The monoisotopic (exact) mass is 289 g/mol. The summed E-state index contributed by atoms with van der Waals surface area (Å²) in [4.78, 5) is 3.88. The molecule has 1 aromatic rings. The quantitative estimate of drug-likeness (QED) is 0.686. The molecule has 0 saturated carbocycles. The molecule has 86 valence electrons. The third-order valence-corrected chi connectivity index (χ3v) is 4.27. The van der Waals surface area contributed by atoms with Crippen molar-refractivity contribution in [3.8, 4) is 0 Å². The first kappa shape index (κ1) is 13.2. The molecule has 0 fully saturated rings. The van der Waals surface area contributed by atoms with Gasteiger partial charge in [0, 0.05) is 23.3 Å². The number of thiophene rings is 1. The molecule has 0 aromatic carbocycles. The van der Waals surface area contributed by atoms with Crippen LogP contribution in [0.3, 0.4) is 0 Å². The maximum absolute atomic E-state index is 3.60. The van der Waals surface area contributed by atoms with Gasteiger partial charge in [-0.25, -0.2) is 0 Å². The van der Waals surface area contributed by atoms with E-state index in [1.165, 1.54) is 24.3 Å². The summed E-state index contributed by atoms with van der Waals surface area (Å²) < 4.78 is 0. The zero-order valence-corrected chi connectivity index (χ0v) is 12.0. The van der Waals surface area contributed by atoms with Crippen LogP contribution in [0.4, 0.5) is 0 Å². The first-order valence-corrected chi connectivity index (χ1v) is 7.53. The van der Waals surface area contributed by atoms with Crippen molar-refractivity contribution in [3.63, 3.8) is 0 Å². The van der Waals surface area contributed by atoms with Crippen molar-refractivity contribution in [3.05, 3.63) is 22.4 Å². The highest BCUT2D eigenvalue weighted by Gasteiger charge is 2.09. The number of alkyl halides is 1. The Balaban J connectivity index is 2.30. The molecule has 1 unspecified atom stereocenters. The molecule has 0 saturated heterocycles. The van der Waals surface area contributed by atoms with Crippen molar-refractivity contribution in [1.29, 1.82) is 0 Å². The van der Waals surface area contributed by atoms with E-state index in [-0.39, 0.29) is 0 Å². The molecule has 15 heavy (non-hydrogen) atoms. The van der Waals surface area contributed by atoms with Crippen molar-refractivity contribution in [2.24, 2.45) is 5.92 Å². The van der Waals surface area contributed by atoms with E-state index in [0.29, 0.717) is 0 Å². The van der Waals surface area contributed by atoms with Crippen LogP contribution in [-0.2, 0) is 6.54 Å². The lowest BCUT2D eigenvalue weighted by atomic mass is 10.1. The normalized spacial score (nSPS) is 13.3. The van der Waals surface area contributed by atoms with E-state index < -0.39 is 0 Å². The van der Waals surface area contributed by atoms with E-state index in [1.54, 1.807) is 0 Å². The van der Waals surface area contributed by atoms with Crippen LogP contribution in [0.5, 0.6) is 0 Å². The summed E-state index contributed by atoms with van der Waals surface area (Å²) in [6, 6.07) is 4.34. The zero-order valence-electron chi connectivity index (χ0n) is 9.58. The second-order valence-electron chi connectivity index (χ2n) is 4.09. The highest BCUT2D eigenvalue weighted by atomic mass is 79.9. The predicted octanol–water partition coefficient (Wildman–Crippen LogP) is 3.99. The highest BCUT2D eigenvalue weighted by molar-refractivity contribution is 9.09. The number of nitrogens with zero attached hydrogens (tertiary/aromatic N) is 1. The van der Waals surface area contributed by atoms with Crippen LogP contribution in [0.25, 0.3) is 0 Å². The Labute approximate surface area is 106 Å². The van der Waals surface area contributed by atoms with Crippen LogP contribution in [0.15, 0.2) is 17.5 Å². The molecule has 0 aliphatic heterocycles. The molecule has 1 heterocycles. The van der Waals surface area contributed by atoms with Crippen LogP contribution in [0.1, 0.15) is 24.6 Å². The minimum Gasteiger partial charge on any atom is -0.301 e. The van der Waals surface area contributed by atoms with Crippen LogP contribution in [-0.4, -0.2) is 23.8 Å². The fraction of sp³-hybridized carbons (Fsp3) is 0.667. The number of hydrogen-bond acceptors (Lipinski definition) is 2. The van der Waals surface area contributed by atoms with Crippen LogP contribution >= 0.6 is 27.3 Å². The topological polar surface area (TPSA) is 3.24 Å². The first-order chi connectivity index (χ1) is 7.26. The Bertz CT molecular complexity index is 248. The Kier molecular flexibility index (Phi) is 6.53. The van der Waals surface area contributed by atoms with Gasteiger partial charge in [-0.05, 0) is 30.8 Å². The van der Waals surface area contributed by atoms with Gasteiger partial charge in [0.15, 0.2) is 0 Å². The molecule has 1 atom stereocenters. The second kappa shape index (κ2) is 7.42.